The van der Waals surface area contributed by atoms with Crippen LogP contribution < -0.4 is 10.1 Å². The molecule has 3 aromatic heterocycles. The Hall–Kier alpha value is -4.26. The molecule has 0 saturated carbocycles. The summed E-state index contributed by atoms with van der Waals surface area (Å²) in [5, 5.41) is 22.5. The lowest BCUT2D eigenvalue weighted by atomic mass is 10.0. The summed E-state index contributed by atoms with van der Waals surface area (Å²) >= 11 is 4.28. The molecule has 1 atom stereocenters. The molecule has 4 heterocycles. The summed E-state index contributed by atoms with van der Waals surface area (Å²) in [5.74, 6) is 1.13. The molecule has 1 N–H and O–H groups in total. The Bertz CT molecular complexity index is 1680. The lowest BCUT2D eigenvalue weighted by molar-refractivity contribution is -0.130. The number of hydrogen-bond acceptors (Lipinski definition) is 9. The summed E-state index contributed by atoms with van der Waals surface area (Å²) < 4.78 is 7.20. The fourth-order valence-corrected chi connectivity index (χ4v) is 6.79. The van der Waals surface area contributed by atoms with E-state index in [9.17, 15) is 9.59 Å². The largest absolute Gasteiger partial charge is 0.497 e. The van der Waals surface area contributed by atoms with Gasteiger partial charge in [-0.25, -0.2) is 5.01 Å². The minimum absolute atomic E-state index is 0.112. The average Bonchev–Trinajstić information content (AvgIpc) is 3.86. The van der Waals surface area contributed by atoms with Gasteiger partial charge in [-0.1, -0.05) is 54.2 Å². The summed E-state index contributed by atoms with van der Waals surface area (Å²) in [7, 11) is 1.63. The predicted molar refractivity (Wildman–Crippen MR) is 166 cm³/mol. The number of benzene rings is 2. The van der Waals surface area contributed by atoms with Crippen LogP contribution in [-0.4, -0.2) is 50.2 Å². The molecule has 0 aliphatic carbocycles. The first-order valence-corrected chi connectivity index (χ1v) is 15.9. The first-order valence-electron chi connectivity index (χ1n) is 13.1. The molecule has 5 aromatic rings. The minimum Gasteiger partial charge on any atom is -0.497 e. The van der Waals surface area contributed by atoms with Crippen molar-refractivity contribution in [2.75, 3.05) is 12.9 Å². The third-order valence-corrected chi connectivity index (χ3v) is 9.36. The molecular formula is C30H26N6O3S3. The summed E-state index contributed by atoms with van der Waals surface area (Å²) in [6.07, 6.45) is 0.623. The molecule has 1 aliphatic rings. The van der Waals surface area contributed by atoms with E-state index in [-0.39, 0.29) is 30.2 Å². The van der Waals surface area contributed by atoms with Crippen molar-refractivity contribution in [1.82, 2.24) is 25.1 Å². The number of amides is 2. The standard InChI is InChI=1S/C30H26N6O3S3/c1-39-22-13-11-20(12-14-22)24-17-23(25-9-5-15-40-25)34-36(24)28(37)19-42-30-33-32-27(35(30)21-7-3-2-4-8-21)18-31-29(38)26-10-6-16-41-26/h2-16,24H,17-19H2,1H3,(H,31,38)/t24-/m0/s1. The number of nitrogens with one attached hydrogen (secondary N) is 1. The Labute approximate surface area is 254 Å². The maximum atomic E-state index is 13.7. The Balaban J connectivity index is 1.22. The Morgan fingerprint density at radius 3 is 2.48 bits per heavy atom. The number of hydrazone groups is 1. The van der Waals surface area contributed by atoms with Crippen molar-refractivity contribution in [3.8, 4) is 11.4 Å². The SMILES string of the molecule is COc1ccc([C@@H]2CC(c3cccs3)=NN2C(=O)CSc2nnc(CNC(=O)c3cccs3)n2-c2ccccc2)cc1. The molecule has 12 heteroatoms. The van der Waals surface area contributed by atoms with Gasteiger partial charge >= 0.3 is 0 Å². The number of thiophene rings is 2. The number of thioether (sulfide) groups is 1. The molecule has 0 bridgehead atoms. The molecule has 0 fully saturated rings. The highest BCUT2D eigenvalue weighted by molar-refractivity contribution is 7.99. The van der Waals surface area contributed by atoms with E-state index in [1.807, 2.05) is 88.1 Å². The van der Waals surface area contributed by atoms with Crippen molar-refractivity contribution in [1.29, 1.82) is 0 Å². The van der Waals surface area contributed by atoms with Crippen LogP contribution in [0.15, 0.2) is 99.9 Å². The number of ether oxygens (including phenoxy) is 1. The number of nitrogens with zero attached hydrogens (tertiary/aromatic N) is 5. The Kier molecular flexibility index (Phi) is 8.45. The molecular weight excluding hydrogens is 589 g/mol. The second kappa shape index (κ2) is 12.7. The summed E-state index contributed by atoms with van der Waals surface area (Å²) in [6, 6.07) is 24.8. The van der Waals surface area contributed by atoms with E-state index in [0.29, 0.717) is 22.3 Å². The fourth-order valence-electron chi connectivity index (χ4n) is 4.61. The molecule has 1 aliphatic heterocycles. The first kappa shape index (κ1) is 27.9. The van der Waals surface area contributed by atoms with Crippen LogP contribution in [0, 0.1) is 0 Å². The average molecular weight is 615 g/mol. The van der Waals surface area contributed by atoms with Crippen molar-refractivity contribution >= 4 is 52.0 Å². The van der Waals surface area contributed by atoms with E-state index in [0.717, 1.165) is 27.6 Å². The van der Waals surface area contributed by atoms with Crippen LogP contribution >= 0.6 is 34.4 Å². The van der Waals surface area contributed by atoms with Crippen LogP contribution in [0.4, 0.5) is 0 Å². The third-order valence-electron chi connectivity index (χ3n) is 6.66. The van der Waals surface area contributed by atoms with E-state index >= 15 is 0 Å². The van der Waals surface area contributed by atoms with Gasteiger partial charge in [-0.3, -0.25) is 14.2 Å². The van der Waals surface area contributed by atoms with Crippen LogP contribution in [0.2, 0.25) is 0 Å². The molecule has 0 radical (unpaired) electrons. The number of aromatic nitrogens is 3. The third kappa shape index (κ3) is 6.01. The smallest absolute Gasteiger partial charge is 0.261 e. The van der Waals surface area contributed by atoms with Crippen LogP contribution in [0.1, 0.15) is 38.4 Å². The number of rotatable bonds is 10. The monoisotopic (exact) mass is 614 g/mol. The zero-order valence-electron chi connectivity index (χ0n) is 22.5. The second-order valence-corrected chi connectivity index (χ2v) is 12.1. The van der Waals surface area contributed by atoms with E-state index in [4.69, 9.17) is 9.84 Å². The van der Waals surface area contributed by atoms with Gasteiger partial charge in [-0.2, -0.15) is 5.10 Å². The highest BCUT2D eigenvalue weighted by Crippen LogP contribution is 2.35. The molecule has 2 aromatic carbocycles. The fraction of sp³-hybridized carbons (Fsp3) is 0.167. The predicted octanol–water partition coefficient (Wildman–Crippen LogP) is 5.80. The van der Waals surface area contributed by atoms with Gasteiger partial charge in [0, 0.05) is 12.1 Å². The van der Waals surface area contributed by atoms with Crippen molar-refractivity contribution < 1.29 is 14.3 Å². The molecule has 212 valence electrons. The lowest BCUT2D eigenvalue weighted by Crippen LogP contribution is -2.28. The number of carbonyl (C=O) groups is 2. The molecule has 0 spiro atoms. The molecule has 42 heavy (non-hydrogen) atoms. The zero-order valence-corrected chi connectivity index (χ0v) is 25.0. The van der Waals surface area contributed by atoms with E-state index in [2.05, 4.69) is 15.5 Å². The first-order chi connectivity index (χ1) is 20.6. The Morgan fingerprint density at radius 2 is 1.76 bits per heavy atom. The van der Waals surface area contributed by atoms with E-state index in [1.165, 1.54) is 23.1 Å². The molecule has 9 nitrogen and oxygen atoms in total. The minimum atomic E-state index is -0.226. The van der Waals surface area contributed by atoms with Gasteiger partial charge < -0.3 is 10.1 Å². The van der Waals surface area contributed by atoms with Gasteiger partial charge in [-0.05, 0) is 52.7 Å². The molecule has 0 saturated heterocycles. The summed E-state index contributed by atoms with van der Waals surface area (Å²) in [6.45, 7) is 0.188. The molecule has 2 amide bonds. The molecule has 0 unspecified atom stereocenters. The number of hydrogen-bond donors (Lipinski definition) is 1. The van der Waals surface area contributed by atoms with Crippen molar-refractivity contribution in [2.45, 2.75) is 24.2 Å². The van der Waals surface area contributed by atoms with Crippen LogP contribution in [0.3, 0.4) is 0 Å². The van der Waals surface area contributed by atoms with Crippen LogP contribution in [0.5, 0.6) is 5.75 Å². The van der Waals surface area contributed by atoms with Crippen molar-refractivity contribution in [3.05, 3.63) is 111 Å². The van der Waals surface area contributed by atoms with E-state index < -0.39 is 0 Å². The number of methoxy groups -OCH3 is 1. The normalized spacial score (nSPS) is 14.5. The maximum absolute atomic E-state index is 13.7. The van der Waals surface area contributed by atoms with E-state index in [1.54, 1.807) is 29.5 Å². The Morgan fingerprint density at radius 1 is 0.976 bits per heavy atom. The van der Waals surface area contributed by atoms with Gasteiger partial charge in [0.1, 0.15) is 5.75 Å². The van der Waals surface area contributed by atoms with Crippen LogP contribution in [-0.2, 0) is 11.3 Å². The lowest BCUT2D eigenvalue weighted by Gasteiger charge is -2.22. The van der Waals surface area contributed by atoms with Crippen LogP contribution in [0.25, 0.3) is 5.69 Å². The number of para-hydroxylation sites is 1. The van der Waals surface area contributed by atoms with Gasteiger partial charge in [-0.15, -0.1) is 32.9 Å². The van der Waals surface area contributed by atoms with Gasteiger partial charge in [0.15, 0.2) is 11.0 Å². The number of carbonyl (C=O) groups excluding carboxylic acids is 2. The second-order valence-electron chi connectivity index (χ2n) is 9.27. The maximum Gasteiger partial charge on any atom is 0.261 e. The van der Waals surface area contributed by atoms with Gasteiger partial charge in [0.25, 0.3) is 11.8 Å². The zero-order chi connectivity index (χ0) is 28.9. The highest BCUT2D eigenvalue weighted by Gasteiger charge is 2.33. The quantitative estimate of drug-likeness (QED) is 0.200. The summed E-state index contributed by atoms with van der Waals surface area (Å²) in [4.78, 5) is 27.9. The molecule has 6 rings (SSSR count). The van der Waals surface area contributed by atoms with Gasteiger partial charge in [0.05, 0.1) is 40.9 Å². The van der Waals surface area contributed by atoms with Crippen molar-refractivity contribution in [3.63, 3.8) is 0 Å². The highest BCUT2D eigenvalue weighted by atomic mass is 32.2. The topological polar surface area (TPSA) is 102 Å². The van der Waals surface area contributed by atoms with Crippen molar-refractivity contribution in [2.24, 2.45) is 5.10 Å². The summed E-state index contributed by atoms with van der Waals surface area (Å²) in [5.41, 5.74) is 2.72. The van der Waals surface area contributed by atoms with Gasteiger partial charge in [0.2, 0.25) is 0 Å².